The van der Waals surface area contributed by atoms with Crippen LogP contribution in [0.3, 0.4) is 0 Å². The first-order chi connectivity index (χ1) is 10.8. The molecule has 3 N–H and O–H groups in total. The van der Waals surface area contributed by atoms with E-state index in [0.717, 1.165) is 12.1 Å². The van der Waals surface area contributed by atoms with Crippen molar-refractivity contribution < 1.29 is 27.6 Å². The van der Waals surface area contributed by atoms with Gasteiger partial charge in [-0.3, -0.25) is 14.4 Å². The van der Waals surface area contributed by atoms with Gasteiger partial charge in [-0.15, -0.1) is 0 Å². The second kappa shape index (κ2) is 8.37. The second-order valence-electron chi connectivity index (χ2n) is 4.33. The quantitative estimate of drug-likeness (QED) is 0.413. The van der Waals surface area contributed by atoms with Gasteiger partial charge in [0.25, 0.3) is 0 Å². The van der Waals surface area contributed by atoms with Crippen LogP contribution < -0.4 is 16.0 Å². The number of amides is 3. The molecule has 0 aliphatic rings. The molecule has 0 saturated heterocycles. The molecule has 0 unspecified atom stereocenters. The molecule has 23 heavy (non-hydrogen) atoms. The second-order valence-corrected chi connectivity index (χ2v) is 4.74. The Morgan fingerprint density at radius 1 is 1.17 bits per heavy atom. The maximum absolute atomic E-state index is 12.7. The van der Waals surface area contributed by atoms with Crippen LogP contribution >= 0.6 is 11.6 Å². The number of rotatable bonds is 6. The highest BCUT2D eigenvalue weighted by Gasteiger charge is 2.33. The van der Waals surface area contributed by atoms with Crippen molar-refractivity contribution in [3.63, 3.8) is 0 Å². The highest BCUT2D eigenvalue weighted by atomic mass is 35.5. The van der Waals surface area contributed by atoms with Crippen LogP contribution in [-0.2, 0) is 20.6 Å². The van der Waals surface area contributed by atoms with E-state index in [1.807, 2.05) is 0 Å². The Morgan fingerprint density at radius 2 is 1.87 bits per heavy atom. The summed E-state index contributed by atoms with van der Waals surface area (Å²) in [6.07, 6.45) is -3.78. The molecule has 1 aromatic carbocycles. The van der Waals surface area contributed by atoms with Crippen LogP contribution in [0.2, 0.25) is 5.02 Å². The third-order valence-electron chi connectivity index (χ3n) is 2.60. The predicted octanol–water partition coefficient (Wildman–Crippen LogP) is 1.55. The summed E-state index contributed by atoms with van der Waals surface area (Å²) in [7, 11) is 0. The van der Waals surface area contributed by atoms with Crippen molar-refractivity contribution in [1.29, 1.82) is 0 Å². The Kier molecular flexibility index (Phi) is 6.83. The molecule has 0 fully saturated rings. The monoisotopic (exact) mass is 351 g/mol. The molecule has 0 spiro atoms. The van der Waals surface area contributed by atoms with Gasteiger partial charge in [-0.05, 0) is 24.6 Å². The van der Waals surface area contributed by atoms with Crippen molar-refractivity contribution in [2.75, 3.05) is 18.4 Å². The topological polar surface area (TPSA) is 87.3 Å². The van der Waals surface area contributed by atoms with Crippen molar-refractivity contribution >= 4 is 35.5 Å². The van der Waals surface area contributed by atoms with E-state index in [1.54, 1.807) is 0 Å². The Balaban J connectivity index is 2.60. The summed E-state index contributed by atoms with van der Waals surface area (Å²) in [5.41, 5.74) is -1.32. The number of nitrogens with one attached hydrogen (secondary N) is 3. The summed E-state index contributed by atoms with van der Waals surface area (Å²) < 4.78 is 38.1. The summed E-state index contributed by atoms with van der Waals surface area (Å²) in [6.45, 7) is 0.443. The predicted molar refractivity (Wildman–Crippen MR) is 76.8 cm³/mol. The van der Waals surface area contributed by atoms with E-state index >= 15 is 0 Å². The highest BCUT2D eigenvalue weighted by Crippen LogP contribution is 2.36. The van der Waals surface area contributed by atoms with Gasteiger partial charge in [-0.25, -0.2) is 0 Å². The van der Waals surface area contributed by atoms with Gasteiger partial charge in [0.1, 0.15) is 0 Å². The Hall–Kier alpha value is -2.29. The van der Waals surface area contributed by atoms with Crippen LogP contribution in [-0.4, -0.2) is 31.3 Å². The summed E-state index contributed by atoms with van der Waals surface area (Å²) in [5, 5.41) is 6.17. The van der Waals surface area contributed by atoms with Gasteiger partial charge in [-0.2, -0.15) is 13.2 Å². The van der Waals surface area contributed by atoms with Gasteiger partial charge < -0.3 is 16.0 Å². The van der Waals surface area contributed by atoms with Gasteiger partial charge in [0, 0.05) is 18.8 Å². The molecule has 0 aliphatic carbocycles. The van der Waals surface area contributed by atoms with Gasteiger partial charge in [0.05, 0.1) is 10.6 Å². The number of halogens is 4. The average molecular weight is 352 g/mol. The lowest BCUT2D eigenvalue weighted by molar-refractivity contribution is -0.137. The molecule has 3 amide bonds. The number of hydrogen-bond acceptors (Lipinski definition) is 3. The van der Waals surface area contributed by atoms with E-state index in [9.17, 15) is 27.6 Å². The van der Waals surface area contributed by atoms with E-state index < -0.39 is 28.6 Å². The highest BCUT2D eigenvalue weighted by molar-refractivity contribution is 6.39. The number of carbonyl (C=O) groups is 3. The summed E-state index contributed by atoms with van der Waals surface area (Å²) in [4.78, 5) is 33.0. The molecule has 0 atom stereocenters. The average Bonchev–Trinajstić information content (AvgIpc) is 2.47. The Morgan fingerprint density at radius 3 is 2.48 bits per heavy atom. The van der Waals surface area contributed by atoms with E-state index in [0.29, 0.717) is 25.4 Å². The fourth-order valence-corrected chi connectivity index (χ4v) is 1.76. The summed E-state index contributed by atoms with van der Waals surface area (Å²) in [5.74, 6) is -2.11. The van der Waals surface area contributed by atoms with E-state index in [2.05, 4.69) is 16.0 Å². The standard InChI is InChI=1S/C13H13ClF3N3O3/c14-10-3-2-8(6-9(10)13(15,16)17)20-12(23)11(22)19-5-1-4-18-7-21/h2-3,6-7H,1,4-5H2,(H,18,21)(H,19,22)(H,20,23). The van der Waals surface area contributed by atoms with Crippen LogP contribution in [0.25, 0.3) is 0 Å². The van der Waals surface area contributed by atoms with Crippen LogP contribution in [0.1, 0.15) is 12.0 Å². The molecule has 0 heterocycles. The summed E-state index contributed by atoms with van der Waals surface area (Å²) in [6, 6.07) is 2.77. The van der Waals surface area contributed by atoms with Crippen LogP contribution in [0, 0.1) is 0 Å². The van der Waals surface area contributed by atoms with Crippen LogP contribution in [0.15, 0.2) is 18.2 Å². The molecular formula is C13H13ClF3N3O3. The SMILES string of the molecule is O=CNCCCNC(=O)C(=O)Nc1ccc(Cl)c(C(F)(F)F)c1. The molecule has 1 rings (SSSR count). The molecule has 6 nitrogen and oxygen atoms in total. The fraction of sp³-hybridized carbons (Fsp3) is 0.308. The molecule has 126 valence electrons. The van der Waals surface area contributed by atoms with E-state index in [4.69, 9.17) is 11.6 Å². The normalized spacial score (nSPS) is 10.8. The van der Waals surface area contributed by atoms with Crippen LogP contribution in [0.5, 0.6) is 0 Å². The number of hydrogen-bond donors (Lipinski definition) is 3. The zero-order chi connectivity index (χ0) is 17.5. The lowest BCUT2D eigenvalue weighted by Gasteiger charge is -2.11. The molecule has 1 aromatic rings. The third-order valence-corrected chi connectivity index (χ3v) is 2.93. The van der Waals surface area contributed by atoms with Crippen molar-refractivity contribution in [2.45, 2.75) is 12.6 Å². The van der Waals surface area contributed by atoms with E-state index in [-0.39, 0.29) is 12.2 Å². The van der Waals surface area contributed by atoms with Crippen molar-refractivity contribution in [3.8, 4) is 0 Å². The number of carbonyl (C=O) groups excluding carboxylic acids is 3. The number of anilines is 1. The molecule has 0 saturated carbocycles. The Labute approximate surface area is 134 Å². The molecule has 0 aliphatic heterocycles. The largest absolute Gasteiger partial charge is 0.417 e. The first kappa shape index (κ1) is 18.8. The zero-order valence-electron chi connectivity index (χ0n) is 11.7. The van der Waals surface area contributed by atoms with Crippen molar-refractivity contribution in [2.24, 2.45) is 0 Å². The van der Waals surface area contributed by atoms with Gasteiger partial charge in [-0.1, -0.05) is 11.6 Å². The van der Waals surface area contributed by atoms with Gasteiger partial charge in [0.2, 0.25) is 6.41 Å². The zero-order valence-corrected chi connectivity index (χ0v) is 12.4. The first-order valence-corrected chi connectivity index (χ1v) is 6.76. The van der Waals surface area contributed by atoms with Crippen LogP contribution in [0.4, 0.5) is 18.9 Å². The van der Waals surface area contributed by atoms with Gasteiger partial charge in [0.15, 0.2) is 0 Å². The van der Waals surface area contributed by atoms with Gasteiger partial charge >= 0.3 is 18.0 Å². The minimum absolute atomic E-state index is 0.127. The van der Waals surface area contributed by atoms with E-state index in [1.165, 1.54) is 0 Å². The number of benzene rings is 1. The van der Waals surface area contributed by atoms with Crippen molar-refractivity contribution in [3.05, 3.63) is 28.8 Å². The van der Waals surface area contributed by atoms with Crippen molar-refractivity contribution in [1.82, 2.24) is 10.6 Å². The smallest absolute Gasteiger partial charge is 0.359 e. The third kappa shape index (κ3) is 6.15. The lowest BCUT2D eigenvalue weighted by Crippen LogP contribution is -2.36. The molecule has 10 heteroatoms. The maximum Gasteiger partial charge on any atom is 0.417 e. The molecular weight excluding hydrogens is 339 g/mol. The molecule has 0 aromatic heterocycles. The minimum atomic E-state index is -4.67. The molecule has 0 radical (unpaired) electrons. The number of alkyl halides is 3. The summed E-state index contributed by atoms with van der Waals surface area (Å²) >= 11 is 5.45. The Bertz CT molecular complexity index is 594. The minimum Gasteiger partial charge on any atom is -0.359 e. The lowest BCUT2D eigenvalue weighted by atomic mass is 10.2. The molecule has 0 bridgehead atoms. The fourth-order valence-electron chi connectivity index (χ4n) is 1.54. The maximum atomic E-state index is 12.7. The first-order valence-electron chi connectivity index (χ1n) is 6.38.